The van der Waals surface area contributed by atoms with E-state index >= 15 is 0 Å². The third-order valence-electron chi connectivity index (χ3n) is 4.90. The molecule has 0 saturated carbocycles. The molecule has 0 atom stereocenters. The molecule has 1 N–H and O–H groups in total. The van der Waals surface area contributed by atoms with Gasteiger partial charge in [0.15, 0.2) is 5.82 Å². The van der Waals surface area contributed by atoms with Crippen molar-refractivity contribution >= 4 is 28.5 Å². The number of likely N-dealkylation sites (N-methyl/N-ethyl adjacent to an activating group) is 1. The Bertz CT molecular complexity index is 1010. The summed E-state index contributed by atoms with van der Waals surface area (Å²) in [6.45, 7) is 3.39. The van der Waals surface area contributed by atoms with Gasteiger partial charge < -0.3 is 15.1 Å². The summed E-state index contributed by atoms with van der Waals surface area (Å²) in [5.74, 6) is 0.190. The number of carbonyl (C=O) groups excluding carboxylic acids is 2. The van der Waals surface area contributed by atoms with E-state index in [0.717, 1.165) is 37.1 Å². The highest BCUT2D eigenvalue weighted by molar-refractivity contribution is 6.05. The van der Waals surface area contributed by atoms with Crippen molar-refractivity contribution in [1.82, 2.24) is 24.6 Å². The Labute approximate surface area is 162 Å². The Kier molecular flexibility index (Phi) is 5.03. The first-order valence-electron chi connectivity index (χ1n) is 9.24. The molecule has 0 unspecified atom stereocenters. The molecular formula is C20H22N6O2. The number of pyridine rings is 1. The molecule has 0 spiro atoms. The minimum Gasteiger partial charge on any atom is -0.339 e. The number of nitrogens with zero attached hydrogens (tertiary/aromatic N) is 5. The highest BCUT2D eigenvalue weighted by Gasteiger charge is 2.19. The van der Waals surface area contributed by atoms with Crippen molar-refractivity contribution in [1.29, 1.82) is 0 Å². The minimum atomic E-state index is -0.261. The molecule has 1 aliphatic heterocycles. The lowest BCUT2D eigenvalue weighted by molar-refractivity contribution is -0.133. The average Bonchev–Trinajstić information content (AvgIpc) is 3.14. The highest BCUT2D eigenvalue weighted by Crippen LogP contribution is 2.14. The van der Waals surface area contributed by atoms with Gasteiger partial charge in [-0.1, -0.05) is 12.1 Å². The zero-order valence-electron chi connectivity index (χ0n) is 15.7. The molecule has 0 aliphatic carbocycles. The van der Waals surface area contributed by atoms with Crippen molar-refractivity contribution in [3.05, 3.63) is 54.4 Å². The molecule has 0 radical (unpaired) electrons. The maximum absolute atomic E-state index is 12.5. The Morgan fingerprint density at radius 2 is 1.93 bits per heavy atom. The Hall–Kier alpha value is -3.26. The van der Waals surface area contributed by atoms with Gasteiger partial charge in [0, 0.05) is 55.6 Å². The second-order valence-corrected chi connectivity index (χ2v) is 6.95. The van der Waals surface area contributed by atoms with E-state index in [0.29, 0.717) is 11.4 Å². The largest absolute Gasteiger partial charge is 0.339 e. The second kappa shape index (κ2) is 7.77. The molecule has 28 heavy (non-hydrogen) atoms. The van der Waals surface area contributed by atoms with Gasteiger partial charge in [-0.25, -0.2) is 0 Å². The third-order valence-corrected chi connectivity index (χ3v) is 4.90. The highest BCUT2D eigenvalue weighted by atomic mass is 16.2. The van der Waals surface area contributed by atoms with Crippen LogP contribution in [0.2, 0.25) is 0 Å². The van der Waals surface area contributed by atoms with E-state index in [-0.39, 0.29) is 18.4 Å². The number of hydrogen-bond acceptors (Lipinski definition) is 5. The number of nitrogens with one attached hydrogen (secondary N) is 1. The van der Waals surface area contributed by atoms with Crippen LogP contribution in [0.1, 0.15) is 10.4 Å². The van der Waals surface area contributed by atoms with E-state index < -0.39 is 0 Å². The normalized spacial score (nSPS) is 15.0. The molecule has 8 heteroatoms. The van der Waals surface area contributed by atoms with E-state index in [2.05, 4.69) is 27.3 Å². The third kappa shape index (κ3) is 4.01. The molecule has 4 rings (SSSR count). The van der Waals surface area contributed by atoms with Gasteiger partial charge in [0.2, 0.25) is 5.91 Å². The fourth-order valence-corrected chi connectivity index (χ4v) is 3.21. The molecular weight excluding hydrogens is 356 g/mol. The molecule has 0 bridgehead atoms. The Morgan fingerprint density at radius 3 is 2.75 bits per heavy atom. The van der Waals surface area contributed by atoms with Crippen LogP contribution >= 0.6 is 0 Å². The van der Waals surface area contributed by atoms with Crippen LogP contribution in [0.4, 0.5) is 5.82 Å². The summed E-state index contributed by atoms with van der Waals surface area (Å²) in [6, 6.07) is 10.9. The number of benzene rings is 1. The van der Waals surface area contributed by atoms with Crippen LogP contribution in [-0.2, 0) is 11.3 Å². The average molecular weight is 378 g/mol. The molecule has 2 aromatic heterocycles. The molecule has 144 valence electrons. The summed E-state index contributed by atoms with van der Waals surface area (Å²) < 4.78 is 1.55. The first-order valence-corrected chi connectivity index (χ1v) is 9.24. The maximum atomic E-state index is 12.5. The number of carbonyl (C=O) groups is 2. The number of rotatable bonds is 4. The summed E-state index contributed by atoms with van der Waals surface area (Å²) in [7, 11) is 2.05. The van der Waals surface area contributed by atoms with E-state index in [1.54, 1.807) is 35.3 Å². The number of hydrogen-bond donors (Lipinski definition) is 1. The zero-order valence-corrected chi connectivity index (χ0v) is 15.7. The lowest BCUT2D eigenvalue weighted by Crippen LogP contribution is -2.48. The molecule has 1 aromatic carbocycles. The Morgan fingerprint density at radius 1 is 1.11 bits per heavy atom. The van der Waals surface area contributed by atoms with Crippen LogP contribution in [-0.4, -0.2) is 69.6 Å². The van der Waals surface area contributed by atoms with Gasteiger partial charge in [0.25, 0.3) is 5.91 Å². The predicted molar refractivity (Wildman–Crippen MR) is 106 cm³/mol. The lowest BCUT2D eigenvalue weighted by atomic mass is 10.1. The summed E-state index contributed by atoms with van der Waals surface area (Å²) in [5.41, 5.74) is 1.27. The monoisotopic (exact) mass is 378 g/mol. The Balaban J connectivity index is 1.38. The lowest BCUT2D eigenvalue weighted by Gasteiger charge is -2.32. The predicted octanol–water partition coefficient (Wildman–Crippen LogP) is 1.46. The number of anilines is 1. The SMILES string of the molecule is CN1CCN(C(=O)Cn2ccc(NC(=O)c3ccc4cccnc4c3)n2)CC1. The van der Waals surface area contributed by atoms with Crippen LogP contribution in [0.5, 0.6) is 0 Å². The van der Waals surface area contributed by atoms with Crippen molar-refractivity contribution in [3.8, 4) is 0 Å². The van der Waals surface area contributed by atoms with Gasteiger partial charge in [-0.15, -0.1) is 0 Å². The first kappa shape index (κ1) is 18.1. The van der Waals surface area contributed by atoms with Crippen molar-refractivity contribution < 1.29 is 9.59 Å². The standard InChI is InChI=1S/C20H22N6O2/c1-24-9-11-25(12-10-24)19(27)14-26-8-6-18(23-26)22-20(28)16-5-4-15-3-2-7-21-17(15)13-16/h2-8,13H,9-12,14H2,1H3,(H,22,23,28). The van der Waals surface area contributed by atoms with Crippen LogP contribution in [0.15, 0.2) is 48.8 Å². The molecule has 1 aliphatic rings. The second-order valence-electron chi connectivity index (χ2n) is 6.95. The first-order chi connectivity index (χ1) is 13.6. The van der Waals surface area contributed by atoms with E-state index in [9.17, 15) is 9.59 Å². The number of aromatic nitrogens is 3. The fraction of sp³-hybridized carbons (Fsp3) is 0.300. The molecule has 1 fully saturated rings. The van der Waals surface area contributed by atoms with Crippen molar-refractivity contribution in [2.24, 2.45) is 0 Å². The van der Waals surface area contributed by atoms with E-state index in [4.69, 9.17) is 0 Å². The molecule has 3 heterocycles. The maximum Gasteiger partial charge on any atom is 0.256 e. The number of amides is 2. The van der Waals surface area contributed by atoms with Gasteiger partial charge in [0.1, 0.15) is 6.54 Å². The van der Waals surface area contributed by atoms with Crippen LogP contribution in [0.3, 0.4) is 0 Å². The number of fused-ring (bicyclic) bond motifs is 1. The zero-order chi connectivity index (χ0) is 19.5. The van der Waals surface area contributed by atoms with Crippen LogP contribution < -0.4 is 5.32 Å². The topological polar surface area (TPSA) is 83.4 Å². The van der Waals surface area contributed by atoms with Crippen molar-refractivity contribution in [3.63, 3.8) is 0 Å². The summed E-state index contributed by atoms with van der Waals surface area (Å²) in [5, 5.41) is 8.05. The smallest absolute Gasteiger partial charge is 0.256 e. The molecule has 8 nitrogen and oxygen atoms in total. The molecule has 2 amide bonds. The van der Waals surface area contributed by atoms with Gasteiger partial charge >= 0.3 is 0 Å². The van der Waals surface area contributed by atoms with Crippen molar-refractivity contribution in [2.45, 2.75) is 6.54 Å². The van der Waals surface area contributed by atoms with Crippen molar-refractivity contribution in [2.75, 3.05) is 38.5 Å². The summed E-state index contributed by atoms with van der Waals surface area (Å²) >= 11 is 0. The summed E-state index contributed by atoms with van der Waals surface area (Å²) in [6.07, 6.45) is 3.40. The fourth-order valence-electron chi connectivity index (χ4n) is 3.21. The van der Waals surface area contributed by atoms with E-state index in [1.165, 1.54) is 0 Å². The quantitative estimate of drug-likeness (QED) is 0.743. The summed E-state index contributed by atoms with van der Waals surface area (Å²) in [4.78, 5) is 33.2. The minimum absolute atomic E-state index is 0.0367. The number of piperazine rings is 1. The van der Waals surface area contributed by atoms with Gasteiger partial charge in [0.05, 0.1) is 5.52 Å². The van der Waals surface area contributed by atoms with Crippen LogP contribution in [0.25, 0.3) is 10.9 Å². The van der Waals surface area contributed by atoms with Gasteiger partial charge in [-0.05, 0) is 25.2 Å². The van der Waals surface area contributed by atoms with Gasteiger partial charge in [-0.2, -0.15) is 5.10 Å². The molecule has 1 saturated heterocycles. The van der Waals surface area contributed by atoms with Gasteiger partial charge in [-0.3, -0.25) is 19.3 Å². The van der Waals surface area contributed by atoms with E-state index in [1.807, 2.05) is 23.1 Å². The molecule has 3 aromatic rings. The van der Waals surface area contributed by atoms with Crippen LogP contribution in [0, 0.1) is 0 Å².